The average Bonchev–Trinajstić information content (AvgIpc) is 2.40. The van der Waals surface area contributed by atoms with Crippen LogP contribution in [-0.4, -0.2) is 35.6 Å². The molecular weight excluding hydrogens is 244 g/mol. The number of rotatable bonds is 3. The Morgan fingerprint density at radius 1 is 1.26 bits per heavy atom. The molecule has 5 heteroatoms. The molecule has 0 aromatic heterocycles. The van der Waals surface area contributed by atoms with E-state index in [0.29, 0.717) is 18.4 Å². The van der Waals surface area contributed by atoms with E-state index in [2.05, 4.69) is 5.32 Å². The lowest BCUT2D eigenvalue weighted by atomic mass is 10.0. The van der Waals surface area contributed by atoms with Gasteiger partial charge in [-0.15, -0.1) is 0 Å². The Kier molecular flexibility index (Phi) is 3.64. The Morgan fingerprint density at radius 2 is 1.89 bits per heavy atom. The van der Waals surface area contributed by atoms with Crippen LogP contribution in [-0.2, 0) is 9.59 Å². The molecule has 1 aromatic carbocycles. The standard InChI is InChI=1S/C14H16N2O3/c1-9(17)10-3-5-11(6-4-10)15-12-7-8-13(18)16(2)14(12)19/h3-6,12,15H,7-8H2,1-2H3. The van der Waals surface area contributed by atoms with Gasteiger partial charge in [-0.3, -0.25) is 19.3 Å². The number of carbonyl (C=O) groups excluding carboxylic acids is 3. The van der Waals surface area contributed by atoms with Gasteiger partial charge < -0.3 is 5.32 Å². The number of hydrogen-bond acceptors (Lipinski definition) is 4. The summed E-state index contributed by atoms with van der Waals surface area (Å²) in [6, 6.07) is 6.58. The van der Waals surface area contributed by atoms with Gasteiger partial charge in [0.05, 0.1) is 0 Å². The van der Waals surface area contributed by atoms with E-state index in [4.69, 9.17) is 0 Å². The Labute approximate surface area is 111 Å². The van der Waals surface area contributed by atoms with Crippen molar-refractivity contribution in [1.82, 2.24) is 4.90 Å². The lowest BCUT2D eigenvalue weighted by Crippen LogP contribution is -2.48. The summed E-state index contributed by atoms with van der Waals surface area (Å²) in [6.07, 6.45) is 0.863. The van der Waals surface area contributed by atoms with Crippen molar-refractivity contribution in [2.24, 2.45) is 0 Å². The Bertz CT molecular complexity index is 522. The lowest BCUT2D eigenvalue weighted by molar-refractivity contribution is -0.146. The van der Waals surface area contributed by atoms with Crippen LogP contribution in [0, 0.1) is 0 Å². The van der Waals surface area contributed by atoms with Crippen LogP contribution in [0.5, 0.6) is 0 Å². The fourth-order valence-electron chi connectivity index (χ4n) is 2.05. The van der Waals surface area contributed by atoms with Gasteiger partial charge in [0.25, 0.3) is 5.91 Å². The molecule has 5 nitrogen and oxygen atoms in total. The highest BCUT2D eigenvalue weighted by atomic mass is 16.2. The number of ketones is 1. The van der Waals surface area contributed by atoms with E-state index in [9.17, 15) is 14.4 Å². The van der Waals surface area contributed by atoms with Crippen LogP contribution in [0.1, 0.15) is 30.1 Å². The highest BCUT2D eigenvalue weighted by Gasteiger charge is 2.31. The van der Waals surface area contributed by atoms with Gasteiger partial charge >= 0.3 is 0 Å². The molecular formula is C14H16N2O3. The van der Waals surface area contributed by atoms with Crippen LogP contribution >= 0.6 is 0 Å². The average molecular weight is 260 g/mol. The molecule has 19 heavy (non-hydrogen) atoms. The summed E-state index contributed by atoms with van der Waals surface area (Å²) in [5.74, 6) is -0.354. The number of amides is 2. The number of nitrogens with zero attached hydrogens (tertiary/aromatic N) is 1. The van der Waals surface area contributed by atoms with Crippen molar-refractivity contribution >= 4 is 23.3 Å². The second-order valence-corrected chi connectivity index (χ2v) is 4.66. The molecule has 1 N–H and O–H groups in total. The summed E-state index contributed by atoms with van der Waals surface area (Å²) in [7, 11) is 1.50. The number of benzene rings is 1. The third kappa shape index (κ3) is 2.81. The van der Waals surface area contributed by atoms with E-state index in [0.717, 1.165) is 10.6 Å². The van der Waals surface area contributed by atoms with Gasteiger partial charge in [-0.25, -0.2) is 0 Å². The molecule has 0 bridgehead atoms. The molecule has 1 aliphatic heterocycles. The zero-order chi connectivity index (χ0) is 14.0. The molecule has 0 spiro atoms. The SMILES string of the molecule is CC(=O)c1ccc(NC2CCC(=O)N(C)C2=O)cc1. The third-order valence-corrected chi connectivity index (χ3v) is 3.28. The summed E-state index contributed by atoms with van der Waals surface area (Å²) in [5, 5.41) is 3.09. The molecule has 1 heterocycles. The molecule has 100 valence electrons. The first-order chi connectivity index (χ1) is 8.99. The Hall–Kier alpha value is -2.17. The first-order valence-corrected chi connectivity index (χ1v) is 6.17. The molecule has 1 saturated heterocycles. The third-order valence-electron chi connectivity index (χ3n) is 3.28. The first kappa shape index (κ1) is 13.3. The highest BCUT2D eigenvalue weighted by Crippen LogP contribution is 2.17. The molecule has 1 fully saturated rings. The summed E-state index contributed by atoms with van der Waals surface area (Å²) in [4.78, 5) is 35.6. The van der Waals surface area contributed by atoms with Crippen LogP contribution in [0.4, 0.5) is 5.69 Å². The summed E-state index contributed by atoms with van der Waals surface area (Å²) in [6.45, 7) is 1.51. The van der Waals surface area contributed by atoms with Crippen molar-refractivity contribution in [2.45, 2.75) is 25.8 Å². The van der Waals surface area contributed by atoms with Crippen molar-refractivity contribution in [3.63, 3.8) is 0 Å². The zero-order valence-corrected chi connectivity index (χ0v) is 11.0. The van der Waals surface area contributed by atoms with Crippen molar-refractivity contribution in [3.8, 4) is 0 Å². The number of hydrogen-bond donors (Lipinski definition) is 1. The van der Waals surface area contributed by atoms with Gasteiger partial charge in [0.1, 0.15) is 6.04 Å². The zero-order valence-electron chi connectivity index (χ0n) is 11.0. The van der Waals surface area contributed by atoms with Gasteiger partial charge in [0, 0.05) is 24.7 Å². The monoisotopic (exact) mass is 260 g/mol. The summed E-state index contributed by atoms with van der Waals surface area (Å²) < 4.78 is 0. The molecule has 1 atom stereocenters. The van der Waals surface area contributed by atoms with Gasteiger partial charge in [-0.05, 0) is 37.6 Å². The van der Waals surface area contributed by atoms with Crippen LogP contribution in [0.3, 0.4) is 0 Å². The fraction of sp³-hybridized carbons (Fsp3) is 0.357. The number of anilines is 1. The topological polar surface area (TPSA) is 66.5 Å². The molecule has 1 aromatic rings. The maximum atomic E-state index is 11.9. The normalized spacial score (nSPS) is 19.5. The predicted octanol–water partition coefficient (Wildman–Crippen LogP) is 1.45. The van der Waals surface area contributed by atoms with Gasteiger partial charge in [0.15, 0.2) is 5.78 Å². The maximum Gasteiger partial charge on any atom is 0.251 e. The van der Waals surface area contributed by atoms with Crippen LogP contribution in [0.15, 0.2) is 24.3 Å². The molecule has 0 aliphatic carbocycles. The number of Topliss-reactive ketones (excluding diaryl/α,β-unsaturated/α-hetero) is 1. The molecule has 1 unspecified atom stereocenters. The maximum absolute atomic E-state index is 11.9. The van der Waals surface area contributed by atoms with E-state index in [1.165, 1.54) is 14.0 Å². The second kappa shape index (κ2) is 5.22. The molecule has 0 saturated carbocycles. The van der Waals surface area contributed by atoms with Crippen LogP contribution in [0.25, 0.3) is 0 Å². The van der Waals surface area contributed by atoms with E-state index >= 15 is 0 Å². The molecule has 2 amide bonds. The van der Waals surface area contributed by atoms with Crippen LogP contribution < -0.4 is 5.32 Å². The molecule has 2 rings (SSSR count). The first-order valence-electron chi connectivity index (χ1n) is 6.17. The van der Waals surface area contributed by atoms with Gasteiger partial charge in [0.2, 0.25) is 5.91 Å². The van der Waals surface area contributed by atoms with Gasteiger partial charge in [-0.1, -0.05) is 0 Å². The van der Waals surface area contributed by atoms with E-state index in [-0.39, 0.29) is 23.6 Å². The number of likely N-dealkylation sites (tertiary alicyclic amines) is 1. The van der Waals surface area contributed by atoms with E-state index < -0.39 is 0 Å². The van der Waals surface area contributed by atoms with Gasteiger partial charge in [-0.2, -0.15) is 0 Å². The Balaban J connectivity index is 2.07. The predicted molar refractivity (Wildman–Crippen MR) is 70.9 cm³/mol. The fourth-order valence-corrected chi connectivity index (χ4v) is 2.05. The van der Waals surface area contributed by atoms with Crippen molar-refractivity contribution in [3.05, 3.63) is 29.8 Å². The van der Waals surface area contributed by atoms with Crippen molar-refractivity contribution in [2.75, 3.05) is 12.4 Å². The number of imide groups is 1. The van der Waals surface area contributed by atoms with E-state index in [1.807, 2.05) is 0 Å². The van der Waals surface area contributed by atoms with Crippen LogP contribution in [0.2, 0.25) is 0 Å². The number of carbonyl (C=O) groups is 3. The van der Waals surface area contributed by atoms with Crippen molar-refractivity contribution in [1.29, 1.82) is 0 Å². The number of nitrogens with one attached hydrogen (secondary N) is 1. The Morgan fingerprint density at radius 3 is 2.47 bits per heavy atom. The second-order valence-electron chi connectivity index (χ2n) is 4.66. The molecule has 1 aliphatic rings. The quantitative estimate of drug-likeness (QED) is 0.660. The van der Waals surface area contributed by atoms with E-state index in [1.54, 1.807) is 24.3 Å². The lowest BCUT2D eigenvalue weighted by Gasteiger charge is -2.28. The molecule has 0 radical (unpaired) electrons. The largest absolute Gasteiger partial charge is 0.374 e. The summed E-state index contributed by atoms with van der Waals surface area (Å²) >= 11 is 0. The van der Waals surface area contributed by atoms with Crippen molar-refractivity contribution < 1.29 is 14.4 Å². The summed E-state index contributed by atoms with van der Waals surface area (Å²) in [5.41, 5.74) is 1.40. The minimum absolute atomic E-state index is 0.00521. The minimum Gasteiger partial charge on any atom is -0.374 e. The number of likely N-dealkylation sites (N-methyl/N-ethyl adjacent to an activating group) is 1. The minimum atomic E-state index is -0.383. The number of piperidine rings is 1. The smallest absolute Gasteiger partial charge is 0.251 e. The highest BCUT2D eigenvalue weighted by molar-refractivity contribution is 6.01.